The lowest BCUT2D eigenvalue weighted by Gasteiger charge is -2.24. The van der Waals surface area contributed by atoms with Gasteiger partial charge in [0.15, 0.2) is 4.80 Å². The molecule has 3 aromatic rings. The summed E-state index contributed by atoms with van der Waals surface area (Å²) < 4.78 is 17.8. The van der Waals surface area contributed by atoms with Crippen molar-refractivity contribution >= 4 is 29.4 Å². The van der Waals surface area contributed by atoms with E-state index in [1.54, 1.807) is 44.4 Å². The molecule has 0 spiro atoms. The Kier molecular flexibility index (Phi) is 7.30. The molecule has 0 bridgehead atoms. The number of benzene rings is 2. The van der Waals surface area contributed by atoms with Crippen molar-refractivity contribution in [3.8, 4) is 11.5 Å². The van der Waals surface area contributed by atoms with Gasteiger partial charge in [-0.15, -0.1) is 0 Å². The van der Waals surface area contributed by atoms with Crippen LogP contribution in [0.1, 0.15) is 31.0 Å². The predicted octanol–water partition coefficient (Wildman–Crippen LogP) is 2.90. The van der Waals surface area contributed by atoms with Crippen LogP contribution in [-0.2, 0) is 14.3 Å². The van der Waals surface area contributed by atoms with E-state index in [0.29, 0.717) is 32.1 Å². The fraction of sp³-hybridized carbons (Fsp3) is 0.185. The first-order valence-electron chi connectivity index (χ1n) is 11.1. The summed E-state index contributed by atoms with van der Waals surface area (Å²) in [6.45, 7) is 6.63. The number of carbonyl (C=O) groups is 2. The number of esters is 2. The number of hydrogen-bond donors (Lipinski definition) is 0. The van der Waals surface area contributed by atoms with E-state index >= 15 is 0 Å². The lowest BCUT2D eigenvalue weighted by Crippen LogP contribution is -2.39. The molecule has 0 unspecified atom stereocenters. The van der Waals surface area contributed by atoms with Crippen molar-refractivity contribution in [3.63, 3.8) is 0 Å². The van der Waals surface area contributed by atoms with Crippen molar-refractivity contribution in [3.05, 3.63) is 103 Å². The van der Waals surface area contributed by atoms with Gasteiger partial charge in [0.1, 0.15) is 18.1 Å². The minimum Gasteiger partial charge on any atom is -0.496 e. The molecule has 0 N–H and O–H groups in total. The summed E-state index contributed by atoms with van der Waals surface area (Å²) in [5.74, 6) is -0.0575. The van der Waals surface area contributed by atoms with Crippen LogP contribution in [0.25, 0.3) is 6.08 Å². The highest BCUT2D eigenvalue weighted by Gasteiger charge is 2.33. The number of rotatable bonds is 7. The van der Waals surface area contributed by atoms with Crippen LogP contribution in [-0.4, -0.2) is 30.2 Å². The molecule has 0 fully saturated rings. The van der Waals surface area contributed by atoms with Crippen LogP contribution in [0.4, 0.5) is 0 Å². The van der Waals surface area contributed by atoms with Crippen LogP contribution >= 0.6 is 11.3 Å². The summed E-state index contributed by atoms with van der Waals surface area (Å²) in [5.41, 5.74) is 1.77. The number of methoxy groups -OCH3 is 1. The normalized spacial score (nSPS) is 15.1. The average molecular weight is 505 g/mol. The zero-order chi connectivity index (χ0) is 25.8. The topological polar surface area (TPSA) is 96.2 Å². The summed E-state index contributed by atoms with van der Waals surface area (Å²) in [5, 5.41) is 0. The first-order chi connectivity index (χ1) is 17.3. The zero-order valence-electron chi connectivity index (χ0n) is 20.0. The number of aromatic nitrogens is 1. The van der Waals surface area contributed by atoms with E-state index < -0.39 is 18.0 Å². The molecule has 1 atom stereocenters. The van der Waals surface area contributed by atoms with Crippen molar-refractivity contribution in [2.24, 2.45) is 4.99 Å². The number of hydrogen-bond acceptors (Lipinski definition) is 8. The number of thiazole rings is 1. The third-order valence-electron chi connectivity index (χ3n) is 5.46. The number of allylic oxidation sites excluding steroid dienone is 1. The van der Waals surface area contributed by atoms with Gasteiger partial charge in [0.2, 0.25) is 0 Å². The Morgan fingerprint density at radius 1 is 1.17 bits per heavy atom. The molecule has 2 aromatic carbocycles. The Balaban J connectivity index is 1.91. The highest BCUT2D eigenvalue weighted by atomic mass is 32.1. The largest absolute Gasteiger partial charge is 0.496 e. The minimum absolute atomic E-state index is 0.0198. The quantitative estimate of drug-likeness (QED) is 0.279. The molecule has 1 aliphatic rings. The Bertz CT molecular complexity index is 1550. The maximum absolute atomic E-state index is 13.7. The molecule has 0 radical (unpaired) electrons. The Hall–Kier alpha value is -4.24. The molecular formula is C27H24N2O6S. The molecule has 1 aliphatic heterocycles. The number of ether oxygens (including phenoxy) is 3. The van der Waals surface area contributed by atoms with Gasteiger partial charge >= 0.3 is 11.9 Å². The van der Waals surface area contributed by atoms with Gasteiger partial charge in [-0.2, -0.15) is 0 Å². The maximum Gasteiger partial charge on any atom is 0.338 e. The van der Waals surface area contributed by atoms with Gasteiger partial charge in [-0.25, -0.2) is 9.79 Å². The smallest absolute Gasteiger partial charge is 0.338 e. The molecule has 2 heterocycles. The monoisotopic (exact) mass is 504 g/mol. The molecule has 0 saturated carbocycles. The van der Waals surface area contributed by atoms with Gasteiger partial charge in [0.25, 0.3) is 5.56 Å². The van der Waals surface area contributed by atoms with Crippen LogP contribution in [0, 0.1) is 0 Å². The van der Waals surface area contributed by atoms with Crippen LogP contribution in [0.2, 0.25) is 0 Å². The summed E-state index contributed by atoms with van der Waals surface area (Å²) >= 11 is 1.22. The van der Waals surface area contributed by atoms with Crippen molar-refractivity contribution in [2.45, 2.75) is 19.9 Å². The van der Waals surface area contributed by atoms with Crippen molar-refractivity contribution < 1.29 is 23.8 Å². The Labute approximate surface area is 211 Å². The van der Waals surface area contributed by atoms with Gasteiger partial charge in [-0.3, -0.25) is 14.2 Å². The number of nitrogens with zero attached hydrogens (tertiary/aromatic N) is 2. The molecule has 0 amide bonds. The lowest BCUT2D eigenvalue weighted by atomic mass is 9.96. The minimum atomic E-state index is -0.787. The van der Waals surface area contributed by atoms with E-state index in [0.717, 1.165) is 5.56 Å². The van der Waals surface area contributed by atoms with Crippen LogP contribution in [0.15, 0.2) is 82.2 Å². The highest BCUT2D eigenvalue weighted by molar-refractivity contribution is 7.07. The summed E-state index contributed by atoms with van der Waals surface area (Å²) in [4.78, 5) is 43.1. The fourth-order valence-corrected chi connectivity index (χ4v) is 4.96. The Morgan fingerprint density at radius 3 is 2.56 bits per heavy atom. The van der Waals surface area contributed by atoms with Gasteiger partial charge in [-0.1, -0.05) is 54.3 Å². The average Bonchev–Trinajstić information content (AvgIpc) is 3.16. The molecule has 8 nitrogen and oxygen atoms in total. The van der Waals surface area contributed by atoms with Crippen LogP contribution < -0.4 is 24.4 Å². The molecule has 0 aliphatic carbocycles. The molecule has 0 saturated heterocycles. The molecule has 1 aromatic heterocycles. The first-order valence-corrected chi connectivity index (χ1v) is 11.9. The molecular weight excluding hydrogens is 480 g/mol. The fourth-order valence-electron chi connectivity index (χ4n) is 3.92. The standard InChI is InChI=1S/C27H24N2O6S/c1-5-14-34-26(32)23-16(2)28-27-29(24(23)18-10-12-20(13-11-18)35-17(3)30)25(31)22(36-27)15-19-8-6-7-9-21(19)33-4/h5-13,15,24H,1,14H2,2-4H3/b22-15-/t24-/m1/s1. The van der Waals surface area contributed by atoms with E-state index in [2.05, 4.69) is 11.6 Å². The maximum atomic E-state index is 13.7. The number of carbonyl (C=O) groups excluding carboxylic acids is 2. The third-order valence-corrected chi connectivity index (χ3v) is 6.44. The second-order valence-corrected chi connectivity index (χ2v) is 8.88. The number of para-hydroxylation sites is 1. The van der Waals surface area contributed by atoms with E-state index in [1.165, 1.54) is 28.9 Å². The summed E-state index contributed by atoms with van der Waals surface area (Å²) in [6.07, 6.45) is 3.22. The lowest BCUT2D eigenvalue weighted by molar-refractivity contribution is -0.138. The van der Waals surface area contributed by atoms with Gasteiger partial charge in [-0.05, 0) is 36.8 Å². The van der Waals surface area contributed by atoms with E-state index in [1.807, 2.05) is 24.3 Å². The van der Waals surface area contributed by atoms with Gasteiger partial charge in [0.05, 0.1) is 29.0 Å². The first kappa shape index (κ1) is 24.9. The summed E-state index contributed by atoms with van der Waals surface area (Å²) in [7, 11) is 1.57. The van der Waals surface area contributed by atoms with Gasteiger partial charge < -0.3 is 14.2 Å². The second-order valence-electron chi connectivity index (χ2n) is 7.87. The second kappa shape index (κ2) is 10.6. The zero-order valence-corrected chi connectivity index (χ0v) is 20.8. The van der Waals surface area contributed by atoms with E-state index in [9.17, 15) is 14.4 Å². The number of fused-ring (bicyclic) bond motifs is 1. The molecule has 4 rings (SSSR count). The molecule has 184 valence electrons. The van der Waals surface area contributed by atoms with Crippen molar-refractivity contribution in [2.75, 3.05) is 13.7 Å². The third kappa shape index (κ3) is 4.92. The van der Waals surface area contributed by atoms with Crippen molar-refractivity contribution in [1.82, 2.24) is 4.57 Å². The molecule has 36 heavy (non-hydrogen) atoms. The van der Waals surface area contributed by atoms with Crippen LogP contribution in [0.5, 0.6) is 11.5 Å². The molecule has 9 heteroatoms. The van der Waals surface area contributed by atoms with E-state index in [4.69, 9.17) is 14.2 Å². The summed E-state index contributed by atoms with van der Waals surface area (Å²) in [6, 6.07) is 13.2. The predicted molar refractivity (Wildman–Crippen MR) is 136 cm³/mol. The Morgan fingerprint density at radius 2 is 1.89 bits per heavy atom. The highest BCUT2D eigenvalue weighted by Crippen LogP contribution is 2.31. The van der Waals surface area contributed by atoms with Crippen LogP contribution in [0.3, 0.4) is 0 Å². The van der Waals surface area contributed by atoms with Gasteiger partial charge in [0, 0.05) is 12.5 Å². The SMILES string of the molecule is C=CCOC(=O)C1=C(C)N=c2s/c(=C\c3ccccc3OC)c(=O)n2[C@@H]1c1ccc(OC(C)=O)cc1. The van der Waals surface area contributed by atoms with Crippen molar-refractivity contribution in [1.29, 1.82) is 0 Å². The van der Waals surface area contributed by atoms with E-state index in [-0.39, 0.29) is 17.7 Å².